The highest BCUT2D eigenvalue weighted by Gasteiger charge is 2.53. The van der Waals surface area contributed by atoms with E-state index in [0.717, 1.165) is 12.8 Å². The second kappa shape index (κ2) is 7.32. The first-order valence-electron chi connectivity index (χ1n) is 9.92. The van der Waals surface area contributed by atoms with E-state index >= 15 is 0 Å². The molecule has 0 saturated heterocycles. The van der Waals surface area contributed by atoms with Crippen LogP contribution < -0.4 is 0 Å². The molecule has 6 heteroatoms. The number of carbonyl (C=O) groups excluding carboxylic acids is 2. The number of methoxy groups -OCH3 is 1. The molecule has 0 aromatic heterocycles. The fraction of sp³-hybridized carbons (Fsp3) is 0.545. The van der Waals surface area contributed by atoms with Gasteiger partial charge in [0.05, 0.1) is 24.1 Å². The molecule has 0 radical (unpaired) electrons. The molecule has 0 spiro atoms. The molecule has 1 saturated carbocycles. The molecule has 5 nitrogen and oxygen atoms in total. The molecular formula is C22H26FNO4. The van der Waals surface area contributed by atoms with Crippen LogP contribution in [0.2, 0.25) is 0 Å². The zero-order valence-corrected chi connectivity index (χ0v) is 16.5. The number of ketones is 1. The number of halogens is 1. The lowest BCUT2D eigenvalue weighted by atomic mass is 9.70. The summed E-state index contributed by atoms with van der Waals surface area (Å²) in [5.41, 5.74) is 1.14. The zero-order valence-electron chi connectivity index (χ0n) is 16.5. The summed E-state index contributed by atoms with van der Waals surface area (Å²) >= 11 is 0. The summed E-state index contributed by atoms with van der Waals surface area (Å²) in [5, 5.41) is 0. The van der Waals surface area contributed by atoms with Crippen LogP contribution in [-0.2, 0) is 19.1 Å². The van der Waals surface area contributed by atoms with E-state index in [0.29, 0.717) is 36.1 Å². The number of ether oxygens (including phenoxy) is 2. The monoisotopic (exact) mass is 387 g/mol. The van der Waals surface area contributed by atoms with Crippen LogP contribution in [0.25, 0.3) is 0 Å². The van der Waals surface area contributed by atoms with Gasteiger partial charge in [-0.2, -0.15) is 0 Å². The maximum absolute atomic E-state index is 13.5. The van der Waals surface area contributed by atoms with Gasteiger partial charge in [-0.3, -0.25) is 9.59 Å². The summed E-state index contributed by atoms with van der Waals surface area (Å²) in [5.74, 6) is 0.216. The summed E-state index contributed by atoms with van der Waals surface area (Å²) in [4.78, 5) is 28.2. The molecule has 0 N–H and O–H groups in total. The van der Waals surface area contributed by atoms with Crippen molar-refractivity contribution in [2.45, 2.75) is 38.8 Å². The van der Waals surface area contributed by atoms with E-state index in [1.165, 1.54) is 12.1 Å². The van der Waals surface area contributed by atoms with Crippen LogP contribution in [0, 0.1) is 23.6 Å². The Balaban J connectivity index is 1.75. The van der Waals surface area contributed by atoms with Gasteiger partial charge in [-0.25, -0.2) is 4.39 Å². The third-order valence-electron chi connectivity index (χ3n) is 6.53. The topological polar surface area (TPSA) is 55.8 Å². The van der Waals surface area contributed by atoms with E-state index < -0.39 is 6.04 Å². The van der Waals surface area contributed by atoms with Gasteiger partial charge in [0.15, 0.2) is 11.5 Å². The Labute approximate surface area is 164 Å². The summed E-state index contributed by atoms with van der Waals surface area (Å²) in [6.07, 6.45) is 1.31. The highest BCUT2D eigenvalue weighted by molar-refractivity contribution is 6.11. The van der Waals surface area contributed by atoms with Crippen LogP contribution in [0.15, 0.2) is 35.6 Å². The Hall–Kier alpha value is -2.21. The predicted octanol–water partition coefficient (Wildman–Crippen LogP) is 3.26. The fourth-order valence-electron chi connectivity index (χ4n) is 4.72. The molecule has 2 aliphatic heterocycles. The lowest BCUT2D eigenvalue weighted by Crippen LogP contribution is -2.43. The average molecular weight is 387 g/mol. The van der Waals surface area contributed by atoms with Crippen molar-refractivity contribution in [3.63, 3.8) is 0 Å². The molecule has 5 unspecified atom stereocenters. The van der Waals surface area contributed by atoms with Crippen molar-refractivity contribution in [2.75, 3.05) is 20.3 Å². The average Bonchev–Trinajstić information content (AvgIpc) is 2.95. The van der Waals surface area contributed by atoms with E-state index in [4.69, 9.17) is 9.47 Å². The van der Waals surface area contributed by atoms with Gasteiger partial charge in [-0.1, -0.05) is 26.0 Å². The molecule has 1 fully saturated rings. The molecular weight excluding hydrogens is 361 g/mol. The smallest absolute Gasteiger partial charge is 0.290 e. The van der Waals surface area contributed by atoms with Gasteiger partial charge in [0.1, 0.15) is 11.9 Å². The minimum Gasteiger partial charge on any atom is -0.483 e. The molecule has 1 aliphatic carbocycles. The first kappa shape index (κ1) is 19.1. The van der Waals surface area contributed by atoms with E-state index in [2.05, 4.69) is 13.8 Å². The van der Waals surface area contributed by atoms with Crippen LogP contribution in [-0.4, -0.2) is 43.0 Å². The van der Waals surface area contributed by atoms with E-state index in [1.54, 1.807) is 24.1 Å². The Morgan fingerprint density at radius 3 is 2.50 bits per heavy atom. The van der Waals surface area contributed by atoms with Gasteiger partial charge in [-0.05, 0) is 42.4 Å². The van der Waals surface area contributed by atoms with Crippen molar-refractivity contribution >= 4 is 11.7 Å². The minimum atomic E-state index is -0.554. The first-order valence-corrected chi connectivity index (χ1v) is 9.92. The van der Waals surface area contributed by atoms with Gasteiger partial charge in [-0.15, -0.1) is 0 Å². The van der Waals surface area contributed by atoms with Crippen LogP contribution in [0.1, 0.15) is 38.3 Å². The molecule has 150 valence electrons. The highest BCUT2D eigenvalue weighted by atomic mass is 19.1. The summed E-state index contributed by atoms with van der Waals surface area (Å²) in [7, 11) is 1.57. The van der Waals surface area contributed by atoms with Crippen molar-refractivity contribution < 1.29 is 23.5 Å². The van der Waals surface area contributed by atoms with Gasteiger partial charge in [0, 0.05) is 13.7 Å². The Kier molecular flexibility index (Phi) is 5.00. The van der Waals surface area contributed by atoms with Crippen molar-refractivity contribution in [1.29, 1.82) is 0 Å². The maximum Gasteiger partial charge on any atom is 0.290 e. The van der Waals surface area contributed by atoms with E-state index in [9.17, 15) is 14.0 Å². The number of fused-ring (bicyclic) bond motifs is 1. The molecule has 1 aromatic rings. The molecule has 1 amide bonds. The van der Waals surface area contributed by atoms with Crippen LogP contribution in [0.4, 0.5) is 4.39 Å². The maximum atomic E-state index is 13.5. The van der Waals surface area contributed by atoms with Crippen LogP contribution in [0.5, 0.6) is 0 Å². The molecule has 28 heavy (non-hydrogen) atoms. The number of carbonyl (C=O) groups is 2. The molecule has 0 bridgehead atoms. The quantitative estimate of drug-likeness (QED) is 0.796. The van der Waals surface area contributed by atoms with E-state index in [-0.39, 0.29) is 35.3 Å². The fourth-order valence-corrected chi connectivity index (χ4v) is 4.72. The third-order valence-corrected chi connectivity index (χ3v) is 6.53. The lowest BCUT2D eigenvalue weighted by molar-refractivity contribution is -0.137. The normalized spacial score (nSPS) is 32.3. The van der Waals surface area contributed by atoms with Crippen LogP contribution >= 0.6 is 0 Å². The first-order chi connectivity index (χ1) is 13.4. The Morgan fingerprint density at radius 2 is 1.82 bits per heavy atom. The van der Waals surface area contributed by atoms with Crippen molar-refractivity contribution in [1.82, 2.24) is 4.90 Å². The standard InChI is InChI=1S/C22H26FNO4/c1-12-10-16-17(11-13(12)2)28-21-18(20(16)25)19(14-4-6-15(23)7-5-14)24(22(21)26)8-9-27-3/h4-7,12-13,16-17,19H,8-11H2,1-3H3. The van der Waals surface area contributed by atoms with Gasteiger partial charge < -0.3 is 14.4 Å². The molecule has 4 rings (SSSR count). The second-order valence-electron chi connectivity index (χ2n) is 8.24. The van der Waals surface area contributed by atoms with Gasteiger partial charge in [0.25, 0.3) is 5.91 Å². The number of amides is 1. The number of rotatable bonds is 4. The Morgan fingerprint density at radius 1 is 1.14 bits per heavy atom. The second-order valence-corrected chi connectivity index (χ2v) is 8.24. The lowest BCUT2D eigenvalue weighted by Gasteiger charge is -2.40. The number of benzene rings is 1. The molecule has 1 aromatic carbocycles. The zero-order chi connectivity index (χ0) is 20.0. The summed E-state index contributed by atoms with van der Waals surface area (Å²) < 4.78 is 24.8. The number of hydrogen-bond acceptors (Lipinski definition) is 4. The van der Waals surface area contributed by atoms with Crippen molar-refractivity contribution in [3.05, 3.63) is 47.0 Å². The molecule has 2 heterocycles. The SMILES string of the molecule is COCCN1C(=O)C2=C(C(=O)C3CC(C)C(C)CC3O2)C1c1ccc(F)cc1. The largest absolute Gasteiger partial charge is 0.483 e. The van der Waals surface area contributed by atoms with Gasteiger partial charge in [0.2, 0.25) is 0 Å². The summed E-state index contributed by atoms with van der Waals surface area (Å²) in [6.45, 7) is 5.02. The highest BCUT2D eigenvalue weighted by Crippen LogP contribution is 2.48. The third kappa shape index (κ3) is 3.04. The molecule has 5 atom stereocenters. The Bertz CT molecular complexity index is 818. The van der Waals surface area contributed by atoms with Crippen molar-refractivity contribution in [2.24, 2.45) is 17.8 Å². The minimum absolute atomic E-state index is 0.00703. The van der Waals surface area contributed by atoms with Gasteiger partial charge >= 0.3 is 0 Å². The number of hydrogen-bond donors (Lipinski definition) is 0. The number of Topliss-reactive ketones (excluding diaryl/α,β-unsaturated/α-hetero) is 1. The molecule has 3 aliphatic rings. The van der Waals surface area contributed by atoms with E-state index in [1.807, 2.05) is 0 Å². The van der Waals surface area contributed by atoms with Crippen molar-refractivity contribution in [3.8, 4) is 0 Å². The summed E-state index contributed by atoms with van der Waals surface area (Å²) in [6, 6.07) is 5.42. The van der Waals surface area contributed by atoms with Crippen LogP contribution in [0.3, 0.4) is 0 Å². The number of nitrogens with zero attached hydrogens (tertiary/aromatic N) is 1. The predicted molar refractivity (Wildman–Crippen MR) is 101 cm³/mol.